The summed E-state index contributed by atoms with van der Waals surface area (Å²) in [5.41, 5.74) is 0. The minimum Gasteiger partial charge on any atom is -0.457 e. The van der Waals surface area contributed by atoms with Crippen molar-refractivity contribution in [3.63, 3.8) is 0 Å². The van der Waals surface area contributed by atoms with Crippen molar-refractivity contribution >= 4 is 16.4 Å². The third-order valence-corrected chi connectivity index (χ3v) is 10.2. The Hall–Kier alpha value is -3.76. The lowest BCUT2D eigenvalue weighted by molar-refractivity contribution is -0.301. The van der Waals surface area contributed by atoms with Crippen molar-refractivity contribution in [2.45, 2.75) is 166 Å². The summed E-state index contributed by atoms with van der Waals surface area (Å²) in [7, 11) is -5.09. The third-order valence-electron chi connectivity index (χ3n) is 9.77. The number of hydrogen-bond donors (Lipinski definition) is 4. The largest absolute Gasteiger partial charge is 0.457 e. The van der Waals surface area contributed by atoms with Crippen molar-refractivity contribution in [1.82, 2.24) is 0 Å². The molecule has 0 radical (unpaired) electrons. The zero-order chi connectivity index (χ0) is 48.2. The number of rotatable bonds is 39. The molecule has 0 aromatic rings. The van der Waals surface area contributed by atoms with Gasteiger partial charge in [-0.25, -0.2) is 4.18 Å². The molecule has 1 rings (SSSR count). The fraction of sp³-hybridized carbons (Fsp3) is 0.566. The van der Waals surface area contributed by atoms with Crippen LogP contribution in [0, 0.1) is 0 Å². The Morgan fingerprint density at radius 3 is 1.42 bits per heavy atom. The molecule has 13 heteroatoms. The number of carbonyl (C=O) groups excluding carboxylic acids is 1. The van der Waals surface area contributed by atoms with E-state index in [4.69, 9.17) is 18.9 Å². The van der Waals surface area contributed by atoms with Crippen molar-refractivity contribution in [2.24, 2.45) is 0 Å². The Labute approximate surface area is 397 Å². The van der Waals surface area contributed by atoms with Crippen LogP contribution < -0.4 is 0 Å². The van der Waals surface area contributed by atoms with Crippen LogP contribution in [0.25, 0.3) is 0 Å². The maximum atomic E-state index is 12.9. The molecule has 1 saturated heterocycles. The van der Waals surface area contributed by atoms with E-state index in [2.05, 4.69) is 146 Å². The lowest BCUT2D eigenvalue weighted by Crippen LogP contribution is -2.60. The van der Waals surface area contributed by atoms with Gasteiger partial charge in [-0.3, -0.25) is 9.35 Å². The second-order valence-corrected chi connectivity index (χ2v) is 16.6. The minimum absolute atomic E-state index is 0.0204. The van der Waals surface area contributed by atoms with E-state index in [-0.39, 0.29) is 19.6 Å². The molecule has 12 nitrogen and oxygen atoms in total. The van der Waals surface area contributed by atoms with E-state index in [1.54, 1.807) is 0 Å². The highest BCUT2D eigenvalue weighted by Crippen LogP contribution is 2.26. The van der Waals surface area contributed by atoms with Crippen LogP contribution in [0.2, 0.25) is 0 Å². The Kier molecular flexibility index (Phi) is 38.9. The van der Waals surface area contributed by atoms with Crippen molar-refractivity contribution in [2.75, 3.05) is 26.4 Å². The molecule has 372 valence electrons. The summed E-state index contributed by atoms with van der Waals surface area (Å²) in [6, 6.07) is 0. The first-order chi connectivity index (χ1) is 32.1. The SMILES string of the molecule is CC/C=C\C/C=C\C/C=C\C/C=C\C/C=C\C/C=C\CCCCCOCC(COC1OC(CO)C(O)C(OS(=O)(=O)O)C1O)OC(=O)CCC/C=C\C/C=C\C/C=C\C/C=C\C/C=C\CC. The summed E-state index contributed by atoms with van der Waals surface area (Å²) in [5, 5.41) is 30.7. The zero-order valence-corrected chi connectivity index (χ0v) is 40.5. The van der Waals surface area contributed by atoms with E-state index in [1.807, 2.05) is 6.08 Å². The van der Waals surface area contributed by atoms with Crippen LogP contribution >= 0.6 is 0 Å². The van der Waals surface area contributed by atoms with Gasteiger partial charge in [0.25, 0.3) is 0 Å². The first-order valence-electron chi connectivity index (χ1n) is 23.9. The summed E-state index contributed by atoms with van der Waals surface area (Å²) >= 11 is 0. The molecule has 0 amide bonds. The normalized spacial score (nSPS) is 20.7. The van der Waals surface area contributed by atoms with Gasteiger partial charge in [0, 0.05) is 13.0 Å². The van der Waals surface area contributed by atoms with Gasteiger partial charge >= 0.3 is 16.4 Å². The van der Waals surface area contributed by atoms with Crippen LogP contribution in [0.5, 0.6) is 0 Å². The molecule has 1 aliphatic rings. The van der Waals surface area contributed by atoms with Gasteiger partial charge in [0.15, 0.2) is 6.29 Å². The van der Waals surface area contributed by atoms with Gasteiger partial charge in [-0.2, -0.15) is 8.42 Å². The van der Waals surface area contributed by atoms with E-state index >= 15 is 0 Å². The molecule has 6 unspecified atom stereocenters. The molecule has 66 heavy (non-hydrogen) atoms. The van der Waals surface area contributed by atoms with Crippen LogP contribution in [-0.2, 0) is 38.3 Å². The zero-order valence-electron chi connectivity index (χ0n) is 39.7. The lowest BCUT2D eigenvalue weighted by atomic mass is 9.99. The van der Waals surface area contributed by atoms with Gasteiger partial charge in [0.05, 0.1) is 19.8 Å². The number of hydrogen-bond acceptors (Lipinski definition) is 11. The Morgan fingerprint density at radius 2 is 1.00 bits per heavy atom. The smallest absolute Gasteiger partial charge is 0.397 e. The van der Waals surface area contributed by atoms with E-state index in [9.17, 15) is 33.1 Å². The molecule has 0 bridgehead atoms. The maximum Gasteiger partial charge on any atom is 0.397 e. The topological polar surface area (TPSA) is 178 Å². The van der Waals surface area contributed by atoms with E-state index in [1.165, 1.54) is 0 Å². The maximum absolute atomic E-state index is 12.9. The van der Waals surface area contributed by atoms with Crippen LogP contribution in [0.4, 0.5) is 0 Å². The highest BCUT2D eigenvalue weighted by Gasteiger charge is 2.48. The van der Waals surface area contributed by atoms with Crippen molar-refractivity contribution in [1.29, 1.82) is 0 Å². The molecule has 1 fully saturated rings. The molecule has 0 spiro atoms. The van der Waals surface area contributed by atoms with Gasteiger partial charge in [-0.05, 0) is 103 Å². The van der Waals surface area contributed by atoms with Gasteiger partial charge in [-0.1, -0.05) is 154 Å². The highest BCUT2D eigenvalue weighted by molar-refractivity contribution is 7.80. The average Bonchev–Trinajstić information content (AvgIpc) is 3.29. The van der Waals surface area contributed by atoms with E-state index < -0.39 is 59.8 Å². The molecule has 0 aliphatic carbocycles. The average molecular weight is 943 g/mol. The number of carbonyl (C=O) groups is 1. The van der Waals surface area contributed by atoms with E-state index in [0.29, 0.717) is 19.4 Å². The van der Waals surface area contributed by atoms with Gasteiger partial charge in [-0.15, -0.1) is 0 Å². The molecule has 0 aromatic heterocycles. The standard InChI is InChI=1S/C53H82O12S/c1-3-5-7-9-11-13-15-17-19-21-22-23-24-25-27-29-31-33-35-37-39-41-43-61-45-47(46-62-53-51(57)52(65-66(58,59)60)50(56)48(44-54)64-53)63-49(55)42-40-38-36-34-32-30-28-26-20-18-16-14-12-10-8-6-4-2/h5-8,11-14,17-20,22-23,25,27-28,30-31,33-34,36,47-48,50-54,56-57H,3-4,9-10,15-16,21,24,26,29,32,35,37-46H2,1-2H3,(H,58,59,60)/b7-5-,8-6-,13-11-,14-12-,19-17-,20-18-,23-22-,27-25-,30-28-,33-31-,36-34-. The van der Waals surface area contributed by atoms with Crippen molar-refractivity contribution in [3.8, 4) is 0 Å². The highest BCUT2D eigenvalue weighted by atomic mass is 32.3. The van der Waals surface area contributed by atoms with Crippen LogP contribution in [0.1, 0.15) is 129 Å². The van der Waals surface area contributed by atoms with Crippen LogP contribution in [0.15, 0.2) is 134 Å². The predicted octanol–water partition coefficient (Wildman–Crippen LogP) is 10.7. The minimum atomic E-state index is -5.09. The molecular formula is C53H82O12S. The number of allylic oxidation sites excluding steroid dienone is 22. The monoisotopic (exact) mass is 943 g/mol. The second-order valence-electron chi connectivity index (χ2n) is 15.6. The first kappa shape index (κ1) is 60.3. The van der Waals surface area contributed by atoms with Gasteiger partial charge in [0.1, 0.15) is 30.5 Å². The molecule has 4 N–H and O–H groups in total. The van der Waals surface area contributed by atoms with Gasteiger partial charge < -0.3 is 34.3 Å². The predicted molar refractivity (Wildman–Crippen MR) is 266 cm³/mol. The summed E-state index contributed by atoms with van der Waals surface area (Å²) in [6.07, 6.45) is 53.5. The number of aliphatic hydroxyl groups is 3. The molecular weight excluding hydrogens is 861 g/mol. The summed E-state index contributed by atoms with van der Waals surface area (Å²) in [5.74, 6) is -0.475. The number of unbranched alkanes of at least 4 members (excludes halogenated alkanes) is 4. The fourth-order valence-corrected chi connectivity index (χ4v) is 6.75. The van der Waals surface area contributed by atoms with Crippen molar-refractivity contribution in [3.05, 3.63) is 134 Å². The molecule has 0 saturated carbocycles. The third kappa shape index (κ3) is 35.4. The van der Waals surface area contributed by atoms with Gasteiger partial charge in [0.2, 0.25) is 0 Å². The number of ether oxygens (including phenoxy) is 4. The lowest BCUT2D eigenvalue weighted by Gasteiger charge is -2.41. The molecule has 0 aromatic carbocycles. The Morgan fingerprint density at radius 1 is 0.576 bits per heavy atom. The van der Waals surface area contributed by atoms with Crippen LogP contribution in [0.3, 0.4) is 0 Å². The molecule has 6 atom stereocenters. The first-order valence-corrected chi connectivity index (χ1v) is 25.3. The Balaban J connectivity index is 2.49. The summed E-state index contributed by atoms with van der Waals surface area (Å²) < 4.78 is 59.0. The van der Waals surface area contributed by atoms with Crippen molar-refractivity contribution < 1.29 is 56.2 Å². The fourth-order valence-electron chi connectivity index (χ4n) is 6.24. The second kappa shape index (κ2) is 42.6. The summed E-state index contributed by atoms with van der Waals surface area (Å²) in [6.45, 7) is 3.57. The number of aliphatic hydroxyl groups excluding tert-OH is 3. The quantitative estimate of drug-likeness (QED) is 0.0199. The number of esters is 1. The summed E-state index contributed by atoms with van der Waals surface area (Å²) in [4.78, 5) is 12.9. The Bertz CT molecular complexity index is 1650. The van der Waals surface area contributed by atoms with E-state index in [0.717, 1.165) is 96.3 Å². The molecule has 1 aliphatic heterocycles. The van der Waals surface area contributed by atoms with Crippen LogP contribution in [-0.4, -0.2) is 97.5 Å². The molecule has 1 heterocycles.